The Hall–Kier alpha value is -3.80. The van der Waals surface area contributed by atoms with Gasteiger partial charge in [-0.05, 0) is 35.7 Å². The maximum absolute atomic E-state index is 5.93. The fourth-order valence-electron chi connectivity index (χ4n) is 3.11. The Bertz CT molecular complexity index is 1230. The molecule has 2 aromatic carbocycles. The zero-order chi connectivity index (χ0) is 17.5. The van der Waals surface area contributed by atoms with Crippen molar-refractivity contribution in [3.05, 3.63) is 73.3 Å². The first-order chi connectivity index (χ1) is 12.8. The van der Waals surface area contributed by atoms with Crippen LogP contribution < -0.4 is 11.1 Å². The van der Waals surface area contributed by atoms with Gasteiger partial charge in [0, 0.05) is 47.2 Å². The lowest BCUT2D eigenvalue weighted by Gasteiger charge is -2.10. The summed E-state index contributed by atoms with van der Waals surface area (Å²) in [6.07, 6.45) is 7.56. The molecule has 6 nitrogen and oxygen atoms in total. The molecule has 0 amide bonds. The lowest BCUT2D eigenvalue weighted by molar-refractivity contribution is 1.13. The Balaban J connectivity index is 1.62. The molecular formula is C20H16N6. The van der Waals surface area contributed by atoms with Gasteiger partial charge in [0.15, 0.2) is 11.5 Å². The second-order valence-corrected chi connectivity index (χ2v) is 6.16. The van der Waals surface area contributed by atoms with E-state index in [-0.39, 0.29) is 0 Å². The standard InChI is InChI=1S/C20H16N6/c21-15-3-1-2-14(10-15)18-12-26-9-8-23-20(26)19(25-18)24-16-5-4-13-6-7-22-17(13)11-16/h1-12,22H,21H2,(H,24,25). The number of nitrogen functional groups attached to an aromatic ring is 1. The van der Waals surface area contributed by atoms with Crippen LogP contribution in [0.25, 0.3) is 27.8 Å². The molecular weight excluding hydrogens is 324 g/mol. The monoisotopic (exact) mass is 340 g/mol. The van der Waals surface area contributed by atoms with Gasteiger partial charge in [-0.2, -0.15) is 0 Å². The molecule has 0 aliphatic heterocycles. The minimum absolute atomic E-state index is 0.695. The maximum atomic E-state index is 5.93. The van der Waals surface area contributed by atoms with Gasteiger partial charge in [-0.25, -0.2) is 9.97 Å². The fraction of sp³-hybridized carbons (Fsp3) is 0. The van der Waals surface area contributed by atoms with E-state index in [1.54, 1.807) is 6.20 Å². The van der Waals surface area contributed by atoms with E-state index in [9.17, 15) is 0 Å². The second-order valence-electron chi connectivity index (χ2n) is 6.16. The zero-order valence-corrected chi connectivity index (χ0v) is 13.8. The molecule has 5 aromatic rings. The highest BCUT2D eigenvalue weighted by Crippen LogP contribution is 2.26. The first-order valence-electron chi connectivity index (χ1n) is 8.30. The number of hydrogen-bond donors (Lipinski definition) is 3. The average molecular weight is 340 g/mol. The number of aromatic amines is 1. The first-order valence-corrected chi connectivity index (χ1v) is 8.30. The van der Waals surface area contributed by atoms with Crippen molar-refractivity contribution in [2.45, 2.75) is 0 Å². The molecule has 3 aromatic heterocycles. The number of nitrogens with two attached hydrogens (primary N) is 1. The summed E-state index contributed by atoms with van der Waals surface area (Å²) in [4.78, 5) is 12.4. The third kappa shape index (κ3) is 2.44. The van der Waals surface area contributed by atoms with E-state index in [0.29, 0.717) is 11.5 Å². The number of imidazole rings is 1. The van der Waals surface area contributed by atoms with Crippen LogP contribution in [-0.2, 0) is 0 Å². The van der Waals surface area contributed by atoms with E-state index in [0.717, 1.165) is 28.1 Å². The number of benzene rings is 2. The maximum Gasteiger partial charge on any atom is 0.180 e. The minimum atomic E-state index is 0.695. The first kappa shape index (κ1) is 14.5. The van der Waals surface area contributed by atoms with Gasteiger partial charge in [0.25, 0.3) is 0 Å². The van der Waals surface area contributed by atoms with Crippen LogP contribution >= 0.6 is 0 Å². The SMILES string of the molecule is Nc1cccc(-c2cn3ccnc3c(Nc3ccc4cc[nH]c4c3)n2)c1. The van der Waals surface area contributed by atoms with Crippen LogP contribution in [0.1, 0.15) is 0 Å². The van der Waals surface area contributed by atoms with Gasteiger partial charge in [-0.15, -0.1) is 0 Å². The van der Waals surface area contributed by atoms with Crippen LogP contribution in [0.4, 0.5) is 17.2 Å². The van der Waals surface area contributed by atoms with Gasteiger partial charge >= 0.3 is 0 Å². The molecule has 0 saturated heterocycles. The van der Waals surface area contributed by atoms with Crippen molar-refractivity contribution in [1.29, 1.82) is 0 Å². The molecule has 0 aliphatic carbocycles. The molecule has 26 heavy (non-hydrogen) atoms. The Kier molecular flexibility index (Phi) is 3.15. The summed E-state index contributed by atoms with van der Waals surface area (Å²) in [5.74, 6) is 0.695. The number of rotatable bonds is 3. The van der Waals surface area contributed by atoms with Crippen LogP contribution in [0.3, 0.4) is 0 Å². The fourth-order valence-corrected chi connectivity index (χ4v) is 3.11. The summed E-state index contributed by atoms with van der Waals surface area (Å²) < 4.78 is 1.96. The summed E-state index contributed by atoms with van der Waals surface area (Å²) in [6.45, 7) is 0. The number of nitrogens with zero attached hydrogens (tertiary/aromatic N) is 3. The van der Waals surface area contributed by atoms with Crippen molar-refractivity contribution in [1.82, 2.24) is 19.4 Å². The Morgan fingerprint density at radius 3 is 2.96 bits per heavy atom. The van der Waals surface area contributed by atoms with E-state index in [1.807, 2.05) is 59.4 Å². The normalized spacial score (nSPS) is 11.2. The lowest BCUT2D eigenvalue weighted by atomic mass is 10.1. The number of anilines is 3. The summed E-state index contributed by atoms with van der Waals surface area (Å²) >= 11 is 0. The molecule has 0 aliphatic rings. The van der Waals surface area contributed by atoms with Crippen LogP contribution in [0, 0.1) is 0 Å². The third-order valence-corrected chi connectivity index (χ3v) is 4.37. The molecule has 3 heterocycles. The molecule has 0 atom stereocenters. The van der Waals surface area contributed by atoms with Gasteiger partial charge in [0.2, 0.25) is 0 Å². The third-order valence-electron chi connectivity index (χ3n) is 4.37. The number of nitrogens with one attached hydrogen (secondary N) is 2. The molecule has 6 heteroatoms. The highest BCUT2D eigenvalue weighted by Gasteiger charge is 2.10. The van der Waals surface area contributed by atoms with E-state index in [2.05, 4.69) is 27.4 Å². The molecule has 126 valence electrons. The van der Waals surface area contributed by atoms with Crippen molar-refractivity contribution in [2.75, 3.05) is 11.1 Å². The predicted octanol–water partition coefficient (Wildman–Crippen LogP) is 4.20. The predicted molar refractivity (Wildman–Crippen MR) is 104 cm³/mol. The zero-order valence-electron chi connectivity index (χ0n) is 13.8. The highest BCUT2D eigenvalue weighted by atomic mass is 15.1. The van der Waals surface area contributed by atoms with E-state index < -0.39 is 0 Å². The van der Waals surface area contributed by atoms with E-state index in [1.165, 1.54) is 5.39 Å². The summed E-state index contributed by atoms with van der Waals surface area (Å²) in [5.41, 5.74) is 11.2. The lowest BCUT2D eigenvalue weighted by Crippen LogP contribution is -2.00. The minimum Gasteiger partial charge on any atom is -0.399 e. The van der Waals surface area contributed by atoms with E-state index >= 15 is 0 Å². The highest BCUT2D eigenvalue weighted by molar-refractivity contribution is 5.85. The van der Waals surface area contributed by atoms with E-state index in [4.69, 9.17) is 10.7 Å². The van der Waals surface area contributed by atoms with Crippen molar-refractivity contribution >= 4 is 33.7 Å². The van der Waals surface area contributed by atoms with Gasteiger partial charge in [-0.3, -0.25) is 0 Å². The molecule has 0 radical (unpaired) electrons. The number of H-pyrrole nitrogens is 1. The topological polar surface area (TPSA) is 84.0 Å². The molecule has 0 bridgehead atoms. The van der Waals surface area contributed by atoms with Crippen LogP contribution in [0.2, 0.25) is 0 Å². The molecule has 0 fully saturated rings. The molecule has 0 spiro atoms. The van der Waals surface area contributed by atoms with Crippen molar-refractivity contribution in [2.24, 2.45) is 0 Å². The number of fused-ring (bicyclic) bond motifs is 2. The smallest absolute Gasteiger partial charge is 0.180 e. The van der Waals surface area contributed by atoms with Gasteiger partial charge < -0.3 is 20.4 Å². The van der Waals surface area contributed by atoms with Gasteiger partial charge in [-0.1, -0.05) is 18.2 Å². The quantitative estimate of drug-likeness (QED) is 0.430. The Labute approximate surface area is 149 Å². The Morgan fingerprint density at radius 1 is 1.08 bits per heavy atom. The summed E-state index contributed by atoms with van der Waals surface area (Å²) in [6, 6.07) is 15.9. The van der Waals surface area contributed by atoms with Crippen molar-refractivity contribution < 1.29 is 0 Å². The van der Waals surface area contributed by atoms with Crippen LogP contribution in [0.5, 0.6) is 0 Å². The molecule has 0 unspecified atom stereocenters. The van der Waals surface area contributed by atoms with Crippen molar-refractivity contribution in [3.63, 3.8) is 0 Å². The number of aromatic nitrogens is 4. The number of hydrogen-bond acceptors (Lipinski definition) is 4. The molecule has 0 saturated carbocycles. The average Bonchev–Trinajstić information content (AvgIpc) is 3.30. The Morgan fingerprint density at radius 2 is 2.04 bits per heavy atom. The van der Waals surface area contributed by atoms with Gasteiger partial charge in [0.1, 0.15) is 0 Å². The summed E-state index contributed by atoms with van der Waals surface area (Å²) in [7, 11) is 0. The molecule has 5 rings (SSSR count). The largest absolute Gasteiger partial charge is 0.399 e. The van der Waals surface area contributed by atoms with Crippen LogP contribution in [-0.4, -0.2) is 19.4 Å². The van der Waals surface area contributed by atoms with Crippen LogP contribution in [0.15, 0.2) is 73.3 Å². The molecule has 4 N–H and O–H groups in total. The van der Waals surface area contributed by atoms with Gasteiger partial charge in [0.05, 0.1) is 5.69 Å². The summed E-state index contributed by atoms with van der Waals surface area (Å²) in [5, 5.41) is 4.56. The second kappa shape index (κ2) is 5.63. The van der Waals surface area contributed by atoms with Crippen molar-refractivity contribution in [3.8, 4) is 11.3 Å².